The van der Waals surface area contributed by atoms with E-state index < -0.39 is 26.8 Å². The van der Waals surface area contributed by atoms with Crippen molar-refractivity contribution >= 4 is 33.2 Å². The number of azide groups is 2. The number of sulfonamides is 1. The molecule has 13 heteroatoms. The molecule has 0 unspecified atom stereocenters. The first-order valence-electron chi connectivity index (χ1n) is 13.4. The maximum Gasteiger partial charge on any atom is 0.270 e. The predicted octanol–water partition coefficient (Wildman–Crippen LogP) is 6.39. The average molecular weight is 585 g/mol. The Labute approximate surface area is 243 Å². The molecular weight excluding hydrogens is 556 g/mol. The lowest BCUT2D eigenvalue weighted by molar-refractivity contribution is -0.124. The standard InChI is InChI=1S/C29H28N8O4S/c1-3-41-26-28(16-18-32-35-30,22-8-4-6-10-24(22)34-26)29(17-19-33-36-31)23-9-5-7-11-25(23)37(27(29)38)42(39,40)21-14-12-20(2)13-15-21/h4-15H,3,16-19H2,1-2H3/t28-,29+/m1/s1. The Balaban J connectivity index is 1.87. The second-order valence-electron chi connectivity index (χ2n) is 9.99. The molecule has 5 rings (SSSR count). The first-order valence-corrected chi connectivity index (χ1v) is 14.8. The molecule has 0 fully saturated rings. The van der Waals surface area contributed by atoms with Crippen LogP contribution in [0.15, 0.2) is 92.9 Å². The molecule has 2 aliphatic heterocycles. The molecule has 0 saturated carbocycles. The van der Waals surface area contributed by atoms with Crippen LogP contribution in [0.4, 0.5) is 11.4 Å². The molecule has 3 aromatic rings. The number of nitrogens with zero attached hydrogens (tertiary/aromatic N) is 8. The van der Waals surface area contributed by atoms with Crippen molar-refractivity contribution in [1.29, 1.82) is 0 Å². The number of benzene rings is 3. The molecule has 42 heavy (non-hydrogen) atoms. The summed E-state index contributed by atoms with van der Waals surface area (Å²) in [6.45, 7) is 3.67. The minimum absolute atomic E-state index is 0.0413. The highest BCUT2D eigenvalue weighted by Gasteiger charge is 2.69. The third kappa shape index (κ3) is 4.18. The van der Waals surface area contributed by atoms with Crippen molar-refractivity contribution in [2.45, 2.75) is 42.4 Å². The van der Waals surface area contributed by atoms with Gasteiger partial charge in [0.05, 0.1) is 33.7 Å². The number of rotatable bonds is 10. The Morgan fingerprint density at radius 1 is 0.881 bits per heavy atom. The van der Waals surface area contributed by atoms with Crippen molar-refractivity contribution in [1.82, 2.24) is 0 Å². The fourth-order valence-electron chi connectivity index (χ4n) is 6.27. The Hall–Kier alpha value is -4.83. The van der Waals surface area contributed by atoms with E-state index in [0.29, 0.717) is 16.8 Å². The molecule has 2 atom stereocenters. The zero-order valence-corrected chi connectivity index (χ0v) is 23.9. The van der Waals surface area contributed by atoms with Crippen molar-refractivity contribution in [3.05, 3.63) is 110 Å². The van der Waals surface area contributed by atoms with Gasteiger partial charge in [-0.25, -0.2) is 17.7 Å². The van der Waals surface area contributed by atoms with Gasteiger partial charge in [0.25, 0.3) is 15.9 Å². The lowest BCUT2D eigenvalue weighted by atomic mass is 9.54. The summed E-state index contributed by atoms with van der Waals surface area (Å²) in [6.07, 6.45) is 0.00515. The van der Waals surface area contributed by atoms with E-state index in [1.807, 2.05) is 13.0 Å². The van der Waals surface area contributed by atoms with Gasteiger partial charge in [-0.1, -0.05) is 64.3 Å². The lowest BCUT2D eigenvalue weighted by Crippen LogP contribution is -2.60. The molecule has 214 valence electrons. The van der Waals surface area contributed by atoms with Crippen molar-refractivity contribution in [3.63, 3.8) is 0 Å². The van der Waals surface area contributed by atoms with Gasteiger partial charge in [-0.3, -0.25) is 4.79 Å². The topological polar surface area (TPSA) is 174 Å². The number of aliphatic imine (C=N–C) groups is 1. The molecule has 0 radical (unpaired) electrons. The summed E-state index contributed by atoms with van der Waals surface area (Å²) in [5.41, 5.74) is 18.0. The first-order chi connectivity index (χ1) is 20.3. The van der Waals surface area contributed by atoms with Crippen LogP contribution in [0.2, 0.25) is 0 Å². The maximum absolute atomic E-state index is 15.1. The van der Waals surface area contributed by atoms with E-state index >= 15 is 4.79 Å². The normalized spacial score (nSPS) is 20.7. The third-order valence-corrected chi connectivity index (χ3v) is 9.66. The van der Waals surface area contributed by atoms with Crippen LogP contribution in [0.3, 0.4) is 0 Å². The molecule has 0 N–H and O–H groups in total. The van der Waals surface area contributed by atoms with Crippen molar-refractivity contribution in [2.75, 3.05) is 24.0 Å². The quantitative estimate of drug-likeness (QED) is 0.153. The highest BCUT2D eigenvalue weighted by atomic mass is 32.2. The van der Waals surface area contributed by atoms with Crippen LogP contribution >= 0.6 is 0 Å². The van der Waals surface area contributed by atoms with E-state index in [0.717, 1.165) is 9.87 Å². The van der Waals surface area contributed by atoms with E-state index in [9.17, 15) is 19.5 Å². The molecule has 12 nitrogen and oxygen atoms in total. The number of aryl methyl sites for hydroxylation is 1. The Morgan fingerprint density at radius 2 is 1.48 bits per heavy atom. The van der Waals surface area contributed by atoms with Gasteiger partial charge in [0.2, 0.25) is 5.90 Å². The van der Waals surface area contributed by atoms with Gasteiger partial charge >= 0.3 is 0 Å². The van der Waals surface area contributed by atoms with Gasteiger partial charge in [-0.2, -0.15) is 0 Å². The number of ether oxygens (including phenoxy) is 1. The molecule has 0 spiro atoms. The van der Waals surface area contributed by atoms with Crippen LogP contribution in [0.1, 0.15) is 36.5 Å². The summed E-state index contributed by atoms with van der Waals surface area (Å²) in [5, 5.41) is 7.56. The fraction of sp³-hybridized carbons (Fsp3) is 0.310. The maximum atomic E-state index is 15.1. The highest BCUT2D eigenvalue weighted by molar-refractivity contribution is 7.93. The van der Waals surface area contributed by atoms with Crippen LogP contribution < -0.4 is 4.31 Å². The summed E-state index contributed by atoms with van der Waals surface area (Å²) < 4.78 is 35.5. The summed E-state index contributed by atoms with van der Waals surface area (Å²) in [7, 11) is -4.39. The highest BCUT2D eigenvalue weighted by Crippen LogP contribution is 2.61. The Bertz CT molecular complexity index is 1780. The number of hydrogen-bond acceptors (Lipinski definition) is 7. The van der Waals surface area contributed by atoms with Gasteiger partial charge in [0.1, 0.15) is 0 Å². The number of carbonyl (C=O) groups is 1. The van der Waals surface area contributed by atoms with Crippen LogP contribution in [-0.4, -0.2) is 39.9 Å². The largest absolute Gasteiger partial charge is 0.480 e. The second kappa shape index (κ2) is 11.2. The number of amides is 1. The van der Waals surface area contributed by atoms with Crippen LogP contribution in [0.5, 0.6) is 0 Å². The minimum atomic E-state index is -4.39. The Morgan fingerprint density at radius 3 is 2.12 bits per heavy atom. The summed E-state index contributed by atoms with van der Waals surface area (Å²) in [6, 6.07) is 20.2. The average Bonchev–Trinajstić information content (AvgIpc) is 3.44. The van der Waals surface area contributed by atoms with Crippen molar-refractivity contribution in [2.24, 2.45) is 15.2 Å². The van der Waals surface area contributed by atoms with Gasteiger partial charge in [-0.05, 0) is 73.1 Å². The van der Waals surface area contributed by atoms with E-state index in [1.54, 1.807) is 61.5 Å². The van der Waals surface area contributed by atoms with Gasteiger partial charge in [0.15, 0.2) is 0 Å². The van der Waals surface area contributed by atoms with Crippen LogP contribution in [-0.2, 0) is 30.4 Å². The molecule has 3 aromatic carbocycles. The monoisotopic (exact) mass is 584 g/mol. The smallest absolute Gasteiger partial charge is 0.270 e. The zero-order valence-electron chi connectivity index (χ0n) is 23.1. The van der Waals surface area contributed by atoms with E-state index in [4.69, 9.17) is 9.73 Å². The zero-order chi connectivity index (χ0) is 30.0. The number of anilines is 1. The van der Waals surface area contributed by atoms with Crippen molar-refractivity contribution in [3.8, 4) is 0 Å². The first kappa shape index (κ1) is 28.7. The molecule has 1 amide bonds. The number of carbonyl (C=O) groups excluding carboxylic acids is 1. The number of fused-ring (bicyclic) bond motifs is 2. The molecular formula is C29H28N8O4S. The van der Waals surface area contributed by atoms with E-state index in [2.05, 4.69) is 20.1 Å². The van der Waals surface area contributed by atoms with Gasteiger partial charge in [-0.15, -0.1) is 0 Å². The van der Waals surface area contributed by atoms with Crippen molar-refractivity contribution < 1.29 is 17.9 Å². The molecule has 0 aliphatic carbocycles. The van der Waals surface area contributed by atoms with Gasteiger partial charge in [0, 0.05) is 22.9 Å². The minimum Gasteiger partial charge on any atom is -0.480 e. The number of hydrogen-bond donors (Lipinski definition) is 0. The summed E-state index contributed by atoms with van der Waals surface area (Å²) in [4.78, 5) is 25.7. The van der Waals surface area contributed by atoms with Crippen LogP contribution in [0, 0.1) is 6.92 Å². The lowest BCUT2D eigenvalue weighted by Gasteiger charge is -2.46. The molecule has 0 bridgehead atoms. The molecule has 2 heterocycles. The van der Waals surface area contributed by atoms with E-state index in [1.165, 1.54) is 12.1 Å². The fourth-order valence-corrected chi connectivity index (χ4v) is 7.75. The summed E-state index contributed by atoms with van der Waals surface area (Å²) >= 11 is 0. The molecule has 2 aliphatic rings. The second-order valence-corrected chi connectivity index (χ2v) is 11.8. The Kier molecular flexibility index (Phi) is 7.66. The summed E-state index contributed by atoms with van der Waals surface area (Å²) in [5.74, 6) is -0.527. The number of para-hydroxylation sites is 2. The third-order valence-electron chi connectivity index (χ3n) is 7.95. The predicted molar refractivity (Wildman–Crippen MR) is 158 cm³/mol. The van der Waals surface area contributed by atoms with E-state index in [-0.39, 0.29) is 49.0 Å². The van der Waals surface area contributed by atoms with Crippen LogP contribution in [0.25, 0.3) is 20.9 Å². The molecule has 0 saturated heterocycles. The molecule has 0 aromatic heterocycles. The van der Waals surface area contributed by atoms with Gasteiger partial charge < -0.3 is 4.74 Å². The SMILES string of the molecule is CCOC1=Nc2ccccc2[C@@]1(CCN=[N+]=[N-])[C@]1(CCN=[N+]=[N-])C(=O)N(S(=O)(=O)c2ccc(C)cc2)c2ccccc21.